The highest BCUT2D eigenvalue weighted by Gasteiger charge is 2.45. The zero-order valence-corrected chi connectivity index (χ0v) is 10.1. The van der Waals surface area contributed by atoms with Gasteiger partial charge in [0.15, 0.2) is 11.5 Å². The quantitative estimate of drug-likeness (QED) is 0.581. The average Bonchev–Trinajstić information content (AvgIpc) is 2.49. The zero-order valence-electron chi connectivity index (χ0n) is 7.92. The van der Waals surface area contributed by atoms with Crippen LogP contribution in [0.5, 0.6) is 11.5 Å². The van der Waals surface area contributed by atoms with Gasteiger partial charge >= 0.3 is 12.3 Å². The second-order valence-corrected chi connectivity index (χ2v) is 4.19. The molecule has 7 heteroatoms. The Kier molecular flexibility index (Phi) is 2.64. The van der Waals surface area contributed by atoms with Crippen molar-refractivity contribution in [2.24, 2.45) is 0 Å². The molecular formula is C9H5F2IO4. The summed E-state index contributed by atoms with van der Waals surface area (Å²) in [6.45, 7) is 0. The van der Waals surface area contributed by atoms with Crippen LogP contribution in [-0.4, -0.2) is 19.4 Å². The minimum absolute atomic E-state index is 0.0819. The first-order valence-electron chi connectivity index (χ1n) is 4.10. The summed E-state index contributed by atoms with van der Waals surface area (Å²) in [4.78, 5) is 11.3. The lowest BCUT2D eigenvalue weighted by Gasteiger charge is -2.05. The summed E-state index contributed by atoms with van der Waals surface area (Å²) in [7, 11) is 1.16. The van der Waals surface area contributed by atoms with E-state index in [1.54, 1.807) is 0 Å². The van der Waals surface area contributed by atoms with Crippen LogP contribution in [0, 0.1) is 3.57 Å². The summed E-state index contributed by atoms with van der Waals surface area (Å²) in [6.07, 6.45) is -3.74. The number of hydrogen-bond acceptors (Lipinski definition) is 4. The van der Waals surface area contributed by atoms with Crippen molar-refractivity contribution < 1.29 is 27.8 Å². The maximum atomic E-state index is 12.8. The third kappa shape index (κ3) is 1.91. The first-order valence-corrected chi connectivity index (χ1v) is 5.18. The van der Waals surface area contributed by atoms with E-state index in [1.165, 1.54) is 12.1 Å². The number of alkyl halides is 2. The third-order valence-corrected chi connectivity index (χ3v) is 2.50. The summed E-state index contributed by atoms with van der Waals surface area (Å²) in [6, 6.07) is 2.74. The highest BCUT2D eigenvalue weighted by molar-refractivity contribution is 14.1. The van der Waals surface area contributed by atoms with E-state index >= 15 is 0 Å². The first-order chi connectivity index (χ1) is 7.43. The number of fused-ring (bicyclic) bond motifs is 1. The fourth-order valence-corrected chi connectivity index (χ4v) is 1.87. The molecule has 1 aliphatic rings. The second kappa shape index (κ2) is 3.72. The van der Waals surface area contributed by atoms with Gasteiger partial charge in [0.05, 0.1) is 7.11 Å². The Morgan fingerprint density at radius 3 is 2.75 bits per heavy atom. The van der Waals surface area contributed by atoms with Crippen LogP contribution < -0.4 is 9.47 Å². The number of methoxy groups -OCH3 is 1. The normalized spacial score (nSPS) is 16.0. The van der Waals surface area contributed by atoms with Crippen LogP contribution >= 0.6 is 22.6 Å². The van der Waals surface area contributed by atoms with Crippen molar-refractivity contribution in [3.63, 3.8) is 0 Å². The van der Waals surface area contributed by atoms with E-state index in [2.05, 4.69) is 14.2 Å². The fourth-order valence-electron chi connectivity index (χ4n) is 1.28. The van der Waals surface area contributed by atoms with E-state index in [0.29, 0.717) is 3.57 Å². The van der Waals surface area contributed by atoms with Gasteiger partial charge in [-0.25, -0.2) is 4.79 Å². The lowest BCUT2D eigenvalue weighted by atomic mass is 10.2. The lowest BCUT2D eigenvalue weighted by Crippen LogP contribution is -2.26. The summed E-state index contributed by atoms with van der Waals surface area (Å²) in [5, 5.41) is 0. The van der Waals surface area contributed by atoms with Crippen LogP contribution in [0.1, 0.15) is 10.4 Å². The van der Waals surface area contributed by atoms with Crippen molar-refractivity contribution >= 4 is 28.6 Å². The number of ether oxygens (including phenoxy) is 3. The van der Waals surface area contributed by atoms with Gasteiger partial charge in [-0.3, -0.25) is 0 Å². The van der Waals surface area contributed by atoms with Crippen LogP contribution in [0.3, 0.4) is 0 Å². The van der Waals surface area contributed by atoms with Gasteiger partial charge in [-0.1, -0.05) is 0 Å². The Morgan fingerprint density at radius 2 is 2.12 bits per heavy atom. The molecule has 1 aromatic rings. The van der Waals surface area contributed by atoms with Gasteiger partial charge in [0.2, 0.25) is 0 Å². The van der Waals surface area contributed by atoms with E-state index in [1.807, 2.05) is 22.6 Å². The van der Waals surface area contributed by atoms with Gasteiger partial charge in [0.1, 0.15) is 5.56 Å². The van der Waals surface area contributed by atoms with Crippen LogP contribution in [-0.2, 0) is 4.74 Å². The van der Waals surface area contributed by atoms with Crippen molar-refractivity contribution in [1.29, 1.82) is 0 Å². The molecule has 0 radical (unpaired) electrons. The standard InChI is InChI=1S/C9H5F2IO4/c1-14-8(13)5-2-4(12)3-6-7(5)16-9(10,11)15-6/h2-3H,1H3. The topological polar surface area (TPSA) is 44.8 Å². The highest BCUT2D eigenvalue weighted by atomic mass is 127. The molecule has 0 aromatic heterocycles. The Labute approximate surface area is 103 Å². The minimum atomic E-state index is -3.74. The summed E-state index contributed by atoms with van der Waals surface area (Å²) in [5.41, 5.74) is -0.0819. The molecule has 2 rings (SSSR count). The highest BCUT2D eigenvalue weighted by Crippen LogP contribution is 2.44. The zero-order chi connectivity index (χ0) is 11.9. The Hall–Kier alpha value is -1.12. The Balaban J connectivity index is 2.53. The molecule has 86 valence electrons. The summed E-state index contributed by atoms with van der Waals surface area (Å²) >= 11 is 1.87. The van der Waals surface area contributed by atoms with Gasteiger partial charge in [-0.2, -0.15) is 0 Å². The largest absolute Gasteiger partial charge is 0.586 e. The van der Waals surface area contributed by atoms with Gasteiger partial charge < -0.3 is 14.2 Å². The number of esters is 1. The molecule has 1 aromatic carbocycles. The third-order valence-electron chi connectivity index (χ3n) is 1.87. The summed E-state index contributed by atoms with van der Waals surface area (Å²) in [5.74, 6) is -1.22. The Bertz CT molecular complexity index is 461. The van der Waals surface area contributed by atoms with E-state index in [4.69, 9.17) is 0 Å². The molecule has 0 atom stereocenters. The van der Waals surface area contributed by atoms with Crippen molar-refractivity contribution in [2.45, 2.75) is 6.29 Å². The van der Waals surface area contributed by atoms with Crippen molar-refractivity contribution in [3.05, 3.63) is 21.3 Å². The predicted molar refractivity (Wildman–Crippen MR) is 56.7 cm³/mol. The van der Waals surface area contributed by atoms with Gasteiger partial charge in [-0.15, -0.1) is 8.78 Å². The molecule has 0 aliphatic carbocycles. The predicted octanol–water partition coefficient (Wildman–Crippen LogP) is 2.40. The van der Waals surface area contributed by atoms with E-state index in [-0.39, 0.29) is 17.1 Å². The number of rotatable bonds is 1. The molecule has 0 saturated heterocycles. The number of carbonyl (C=O) groups is 1. The molecule has 0 N–H and O–H groups in total. The number of halogens is 3. The molecule has 1 heterocycles. The maximum absolute atomic E-state index is 12.8. The van der Waals surface area contributed by atoms with E-state index in [9.17, 15) is 13.6 Å². The smallest absolute Gasteiger partial charge is 0.465 e. The maximum Gasteiger partial charge on any atom is 0.586 e. The molecular weight excluding hydrogens is 337 g/mol. The van der Waals surface area contributed by atoms with Crippen LogP contribution in [0.2, 0.25) is 0 Å². The molecule has 4 nitrogen and oxygen atoms in total. The molecule has 16 heavy (non-hydrogen) atoms. The fraction of sp³-hybridized carbons (Fsp3) is 0.222. The SMILES string of the molecule is COC(=O)c1cc(I)cc2c1OC(F)(F)O2. The number of benzene rings is 1. The van der Waals surface area contributed by atoms with Crippen molar-refractivity contribution in [3.8, 4) is 11.5 Å². The van der Waals surface area contributed by atoms with E-state index < -0.39 is 12.3 Å². The van der Waals surface area contributed by atoms with Crippen molar-refractivity contribution in [2.75, 3.05) is 7.11 Å². The summed E-state index contributed by atoms with van der Waals surface area (Å²) < 4.78 is 39.1. The molecule has 0 unspecified atom stereocenters. The Morgan fingerprint density at radius 1 is 1.44 bits per heavy atom. The van der Waals surface area contributed by atoms with Crippen LogP contribution in [0.4, 0.5) is 8.78 Å². The van der Waals surface area contributed by atoms with Gasteiger partial charge in [-0.05, 0) is 34.7 Å². The molecule has 0 saturated carbocycles. The second-order valence-electron chi connectivity index (χ2n) is 2.94. The average molecular weight is 342 g/mol. The minimum Gasteiger partial charge on any atom is -0.465 e. The molecule has 1 aliphatic heterocycles. The number of carbonyl (C=O) groups excluding carboxylic acids is 1. The van der Waals surface area contributed by atoms with Crippen LogP contribution in [0.15, 0.2) is 12.1 Å². The van der Waals surface area contributed by atoms with Gasteiger partial charge in [0, 0.05) is 3.57 Å². The molecule has 0 amide bonds. The molecule has 0 spiro atoms. The van der Waals surface area contributed by atoms with Crippen LogP contribution in [0.25, 0.3) is 0 Å². The molecule has 0 fully saturated rings. The van der Waals surface area contributed by atoms with E-state index in [0.717, 1.165) is 7.11 Å². The first kappa shape index (κ1) is 11.4. The number of hydrogen-bond donors (Lipinski definition) is 0. The lowest BCUT2D eigenvalue weighted by molar-refractivity contribution is -0.286. The van der Waals surface area contributed by atoms with Crippen molar-refractivity contribution in [1.82, 2.24) is 0 Å². The van der Waals surface area contributed by atoms with Gasteiger partial charge in [0.25, 0.3) is 0 Å². The monoisotopic (exact) mass is 342 g/mol. The molecule has 0 bridgehead atoms.